The molecule has 0 aromatic heterocycles. The van der Waals surface area contributed by atoms with E-state index in [-0.39, 0.29) is 31.2 Å². The maximum Gasteiger partial charge on any atom is 0.159 e. The zero-order valence-corrected chi connectivity index (χ0v) is 12.0. The fraction of sp³-hybridized carbons (Fsp3) is 0.909. The van der Waals surface area contributed by atoms with Crippen molar-refractivity contribution in [2.24, 2.45) is 4.99 Å². The molecule has 0 saturated carbocycles. The molecule has 2 aliphatic heterocycles. The number of hydrogen-bond acceptors (Lipinski definition) is 8. The SMILES string of the molecule is CN=C1N[C@@H]2[C@@H](O)[C@H](O)[C@@H](CNCC(O)CO)O[C@@H]2S1. The van der Waals surface area contributed by atoms with Gasteiger partial charge in [-0.3, -0.25) is 4.99 Å². The average molecular weight is 307 g/mol. The summed E-state index contributed by atoms with van der Waals surface area (Å²) in [7, 11) is 1.64. The topological polar surface area (TPSA) is 127 Å². The van der Waals surface area contributed by atoms with Crippen LogP contribution in [0.25, 0.3) is 0 Å². The van der Waals surface area contributed by atoms with Crippen molar-refractivity contribution in [3.63, 3.8) is 0 Å². The summed E-state index contributed by atoms with van der Waals surface area (Å²) in [5.74, 6) is 0. The quantitative estimate of drug-likeness (QED) is 0.319. The van der Waals surface area contributed by atoms with Gasteiger partial charge in [0, 0.05) is 20.1 Å². The highest BCUT2D eigenvalue weighted by molar-refractivity contribution is 8.14. The summed E-state index contributed by atoms with van der Waals surface area (Å²) in [5, 5.41) is 44.7. The third-order valence-electron chi connectivity index (χ3n) is 3.36. The van der Waals surface area contributed by atoms with Crippen molar-refractivity contribution in [2.45, 2.75) is 35.9 Å². The highest BCUT2D eigenvalue weighted by Crippen LogP contribution is 2.33. The number of amidine groups is 1. The molecule has 116 valence electrons. The summed E-state index contributed by atoms with van der Waals surface area (Å²) in [5.41, 5.74) is -0.304. The van der Waals surface area contributed by atoms with Crippen LogP contribution >= 0.6 is 11.8 Å². The Morgan fingerprint density at radius 3 is 2.85 bits per heavy atom. The highest BCUT2D eigenvalue weighted by atomic mass is 32.2. The maximum absolute atomic E-state index is 10.1. The molecule has 0 aliphatic carbocycles. The number of aliphatic imine (C=N–C) groups is 1. The van der Waals surface area contributed by atoms with E-state index in [0.29, 0.717) is 5.17 Å². The number of rotatable bonds is 5. The number of ether oxygens (including phenoxy) is 1. The van der Waals surface area contributed by atoms with Gasteiger partial charge in [-0.25, -0.2) is 0 Å². The molecule has 0 radical (unpaired) electrons. The standard InChI is InChI=1S/C11H21N3O5S/c1-12-11-14-7-9(18)8(17)6(19-10(7)20-11)3-13-2-5(16)4-15/h5-10,13,15-18H,2-4H2,1H3,(H,12,14)/t5?,6-,7-,8-,9-,10-/m1/s1. The molecule has 6 atom stereocenters. The number of nitrogens with one attached hydrogen (secondary N) is 2. The van der Waals surface area contributed by atoms with Crippen LogP contribution in [0.5, 0.6) is 0 Å². The maximum atomic E-state index is 10.1. The molecule has 2 aliphatic rings. The molecular weight excluding hydrogens is 286 g/mol. The van der Waals surface area contributed by atoms with Crippen LogP contribution < -0.4 is 10.6 Å². The molecule has 0 aromatic carbocycles. The average Bonchev–Trinajstić information content (AvgIpc) is 2.87. The third-order valence-corrected chi connectivity index (χ3v) is 4.52. The van der Waals surface area contributed by atoms with Crippen LogP contribution in [0, 0.1) is 0 Å². The second-order valence-electron chi connectivity index (χ2n) is 4.84. The molecule has 0 aromatic rings. The van der Waals surface area contributed by atoms with E-state index in [2.05, 4.69) is 15.6 Å². The van der Waals surface area contributed by atoms with Crippen molar-refractivity contribution in [1.29, 1.82) is 0 Å². The fourth-order valence-electron chi connectivity index (χ4n) is 2.21. The second kappa shape index (κ2) is 7.03. The molecule has 8 nitrogen and oxygen atoms in total. The van der Waals surface area contributed by atoms with Gasteiger partial charge in [0.2, 0.25) is 0 Å². The van der Waals surface area contributed by atoms with E-state index >= 15 is 0 Å². The predicted octanol–water partition coefficient (Wildman–Crippen LogP) is -2.93. The Hall–Kier alpha value is -0.420. The summed E-state index contributed by atoms with van der Waals surface area (Å²) in [6.45, 7) is 0.141. The summed E-state index contributed by atoms with van der Waals surface area (Å²) >= 11 is 1.38. The lowest BCUT2D eigenvalue weighted by molar-refractivity contribution is -0.154. The van der Waals surface area contributed by atoms with Crippen LogP contribution in [0.1, 0.15) is 0 Å². The Labute approximate surface area is 121 Å². The first-order valence-electron chi connectivity index (χ1n) is 6.48. The molecule has 2 saturated heterocycles. The lowest BCUT2D eigenvalue weighted by Crippen LogP contribution is -2.61. The van der Waals surface area contributed by atoms with Crippen molar-refractivity contribution in [1.82, 2.24) is 10.6 Å². The van der Waals surface area contributed by atoms with E-state index in [1.165, 1.54) is 11.8 Å². The second-order valence-corrected chi connectivity index (χ2v) is 5.92. The van der Waals surface area contributed by atoms with Crippen molar-refractivity contribution >= 4 is 16.9 Å². The molecule has 1 unspecified atom stereocenters. The van der Waals surface area contributed by atoms with E-state index in [4.69, 9.17) is 9.84 Å². The Morgan fingerprint density at radius 2 is 2.20 bits per heavy atom. The van der Waals surface area contributed by atoms with Gasteiger partial charge in [0.15, 0.2) is 5.17 Å². The van der Waals surface area contributed by atoms with E-state index in [0.717, 1.165) is 0 Å². The van der Waals surface area contributed by atoms with Crippen LogP contribution in [0.3, 0.4) is 0 Å². The number of fused-ring (bicyclic) bond motifs is 1. The number of thioether (sulfide) groups is 1. The zero-order valence-electron chi connectivity index (χ0n) is 11.1. The smallest absolute Gasteiger partial charge is 0.159 e. The van der Waals surface area contributed by atoms with Gasteiger partial charge in [0.1, 0.15) is 23.7 Å². The summed E-state index contributed by atoms with van der Waals surface area (Å²) < 4.78 is 5.74. The number of aliphatic hydroxyl groups is 4. The van der Waals surface area contributed by atoms with E-state index in [1.807, 2.05) is 0 Å². The van der Waals surface area contributed by atoms with Crippen molar-refractivity contribution in [3.8, 4) is 0 Å². The minimum absolute atomic E-state index is 0.195. The first-order valence-corrected chi connectivity index (χ1v) is 7.36. The molecule has 2 fully saturated rings. The fourth-order valence-corrected chi connectivity index (χ4v) is 3.32. The molecule has 2 heterocycles. The summed E-state index contributed by atoms with van der Waals surface area (Å²) in [4.78, 5) is 4.01. The molecule has 0 spiro atoms. The van der Waals surface area contributed by atoms with Gasteiger partial charge in [0.25, 0.3) is 0 Å². The van der Waals surface area contributed by atoms with Gasteiger partial charge in [-0.05, 0) is 0 Å². The Balaban J connectivity index is 1.89. The van der Waals surface area contributed by atoms with Crippen molar-refractivity contribution in [3.05, 3.63) is 0 Å². The van der Waals surface area contributed by atoms with Crippen LogP contribution in [-0.4, -0.2) is 88.2 Å². The van der Waals surface area contributed by atoms with Gasteiger partial charge in [-0.1, -0.05) is 11.8 Å². The Morgan fingerprint density at radius 1 is 1.45 bits per heavy atom. The molecular formula is C11H21N3O5S. The number of nitrogens with zero attached hydrogens (tertiary/aromatic N) is 1. The monoisotopic (exact) mass is 307 g/mol. The van der Waals surface area contributed by atoms with Crippen molar-refractivity contribution in [2.75, 3.05) is 26.7 Å². The van der Waals surface area contributed by atoms with E-state index in [9.17, 15) is 15.3 Å². The van der Waals surface area contributed by atoms with Crippen LogP contribution in [-0.2, 0) is 4.74 Å². The highest BCUT2D eigenvalue weighted by Gasteiger charge is 2.48. The molecule has 20 heavy (non-hydrogen) atoms. The van der Waals surface area contributed by atoms with Crippen LogP contribution in [0.2, 0.25) is 0 Å². The van der Waals surface area contributed by atoms with Gasteiger partial charge in [-0.15, -0.1) is 0 Å². The lowest BCUT2D eigenvalue weighted by Gasteiger charge is -2.39. The Bertz CT molecular complexity index is 359. The van der Waals surface area contributed by atoms with Gasteiger partial charge in [0.05, 0.1) is 18.8 Å². The van der Waals surface area contributed by atoms with Gasteiger partial charge in [-0.2, -0.15) is 0 Å². The van der Waals surface area contributed by atoms with Crippen molar-refractivity contribution < 1.29 is 25.2 Å². The first kappa shape index (κ1) is 16.0. The normalized spacial score (nSPS) is 40.5. The molecule has 6 N–H and O–H groups in total. The zero-order chi connectivity index (χ0) is 14.7. The van der Waals surface area contributed by atoms with Crippen LogP contribution in [0.4, 0.5) is 0 Å². The lowest BCUT2D eigenvalue weighted by atomic mass is 9.98. The van der Waals surface area contributed by atoms with Gasteiger partial charge >= 0.3 is 0 Å². The first-order chi connectivity index (χ1) is 9.56. The molecule has 0 bridgehead atoms. The molecule has 0 amide bonds. The van der Waals surface area contributed by atoms with E-state index in [1.54, 1.807) is 7.05 Å². The predicted molar refractivity (Wildman–Crippen MR) is 74.5 cm³/mol. The number of hydrogen-bond donors (Lipinski definition) is 6. The third kappa shape index (κ3) is 3.42. The molecule has 9 heteroatoms. The van der Waals surface area contributed by atoms with E-state index < -0.39 is 24.4 Å². The number of aliphatic hydroxyl groups excluding tert-OH is 4. The molecule has 2 rings (SSSR count). The minimum atomic E-state index is -1.03. The van der Waals surface area contributed by atoms with Gasteiger partial charge < -0.3 is 35.8 Å². The Kier molecular flexibility index (Phi) is 5.61. The minimum Gasteiger partial charge on any atom is -0.394 e. The van der Waals surface area contributed by atoms with Crippen LogP contribution in [0.15, 0.2) is 4.99 Å². The largest absolute Gasteiger partial charge is 0.394 e. The summed E-state index contributed by atoms with van der Waals surface area (Å²) in [6, 6.07) is -0.381. The summed E-state index contributed by atoms with van der Waals surface area (Å²) in [6.07, 6.45) is -3.41.